The van der Waals surface area contributed by atoms with E-state index in [2.05, 4.69) is 118 Å². The number of nitrogens with one attached hydrogen (secondary N) is 5. The van der Waals surface area contributed by atoms with E-state index in [1.165, 1.54) is 22.6 Å². The fourth-order valence-electron chi connectivity index (χ4n) is 22.5. The van der Waals surface area contributed by atoms with Crippen molar-refractivity contribution < 1.29 is 52.7 Å². The fraction of sp³-hybridized carbons (Fsp3) is 0.690. The van der Waals surface area contributed by atoms with E-state index in [-0.39, 0.29) is 82.0 Å². The lowest BCUT2D eigenvalue weighted by molar-refractivity contribution is -0.138. The van der Waals surface area contributed by atoms with Gasteiger partial charge in [0.1, 0.15) is 5.60 Å². The quantitative estimate of drug-likeness (QED) is 0.0483. The second-order valence-corrected chi connectivity index (χ2v) is 48.8. The smallest absolute Gasteiger partial charge is 0.410 e. The molecule has 4 aromatic heterocycles. The standard InChI is InChI=1S/2C24H38N4O2.C23H37N5O2.C23H36N4O3.C22H35N5O2/c1-24(2,3)26-23(30)27(4)17-18-5-7-21(8-6-18)22(29)28-15-11-20(12-16-28)19-9-13-25-14-10-19;1-24(2,3)25-23(30)26(4)18-19-10-12-20(13-11-19)22(29)28-16-14-27(15-17-28)21-8-6-5-7-9-21;1-23(2,3)25-22(30)26(4)17-18-5-7-19(8-6-18)21(29)28-15-13-27(14-16-28)20-9-11-24-12-10-20;1-23(2,3)30-22(29)25(4)17-18-7-9-19(10-8-18)21(28)27-14-12-26(13-15-27)20-6-5-11-24-16-20;1-22(2,3)25-21(29)24-16-17-4-6-18(7-5-17)20(28)27-14-12-26(13-15-27)19-8-10-23-11-9-19/h9-10,13-14,18,20-21H,5-8,11-12,15-17H2,1-4H3,(H,26,30);5-9,19-20H,10-18H2,1-4H3,(H,25,30);9-12,18-19H,5-8,13-17H2,1-4H3,(H,25,30);5-6,11,16,18-19H,7-10,12-15,17H2,1-4H3;8-11,17-18H,4-7,12-16H2,1-3H3,(H2,24,25,29). The Kier molecular flexibility index (Phi) is 44.5. The van der Waals surface area contributed by atoms with Gasteiger partial charge in [-0.3, -0.25) is 43.9 Å². The number of ether oxygens (including phenoxy) is 1. The Hall–Kier alpha value is -11.3. The van der Waals surface area contributed by atoms with Crippen molar-refractivity contribution in [1.82, 2.24) is 90.6 Å². The second kappa shape index (κ2) is 56.2. The molecule has 0 bridgehead atoms. The molecule has 9 heterocycles. The number of piperazine rings is 4. The molecule has 1 aromatic carbocycles. The summed E-state index contributed by atoms with van der Waals surface area (Å²) in [5, 5.41) is 15.0. The molecule has 15 rings (SSSR count). The molecule has 10 aliphatic rings. The number of hydrogen-bond acceptors (Lipinski definition) is 19. The lowest BCUT2D eigenvalue weighted by Crippen LogP contribution is -2.51. The normalized spacial score (nSPS) is 22.7. The van der Waals surface area contributed by atoms with Crippen LogP contribution in [0.4, 0.5) is 46.7 Å². The minimum atomic E-state index is -0.476. The summed E-state index contributed by atoms with van der Waals surface area (Å²) in [4.78, 5) is 169. The van der Waals surface area contributed by atoms with Crippen LogP contribution in [-0.2, 0) is 28.7 Å². The SMILES string of the molecule is CC(C)(C)NC(=O)NCC1CCC(C(=O)N2CCN(c3ccncc3)CC2)CC1.CN(CC1CCC(C(=O)N2CCC(c3ccncc3)CC2)CC1)C(=O)NC(C)(C)C.CN(CC1CCC(C(=O)N2CCN(c3ccccc3)CC2)CC1)C(=O)NC(C)(C)C.CN(CC1CCC(C(=O)N2CCN(c3cccnc3)CC2)CC1)C(=O)OC(C)(C)C.CN(CC1CCC(C(=O)N2CCN(c3ccncc3)CC2)CC1)C(=O)NC(C)(C)C. The number of carbonyl (C=O) groups is 10. The van der Waals surface area contributed by atoms with Gasteiger partial charge >= 0.3 is 30.2 Å². The van der Waals surface area contributed by atoms with Gasteiger partial charge in [-0.15, -0.1) is 0 Å². The largest absolute Gasteiger partial charge is 0.444 e. The third kappa shape index (κ3) is 39.5. The molecular formula is C116H184N22O11. The van der Waals surface area contributed by atoms with Gasteiger partial charge in [0.05, 0.1) is 11.9 Å². The predicted octanol–water partition coefficient (Wildman–Crippen LogP) is 16.6. The summed E-state index contributed by atoms with van der Waals surface area (Å²) in [7, 11) is 7.39. The first-order chi connectivity index (χ1) is 70.7. The highest BCUT2D eigenvalue weighted by atomic mass is 16.6. The number of piperidine rings is 1. The van der Waals surface area contributed by atoms with Crippen molar-refractivity contribution in [2.75, 3.05) is 198 Å². The van der Waals surface area contributed by atoms with E-state index in [9.17, 15) is 47.9 Å². The number of anilines is 4. The first-order valence-corrected chi connectivity index (χ1v) is 55.9. The molecule has 5 aliphatic carbocycles. The van der Waals surface area contributed by atoms with Crippen LogP contribution >= 0.6 is 0 Å². The molecule has 33 nitrogen and oxygen atoms in total. The highest BCUT2D eigenvalue weighted by Crippen LogP contribution is 2.39. The highest BCUT2D eigenvalue weighted by Gasteiger charge is 2.40. The van der Waals surface area contributed by atoms with Crippen molar-refractivity contribution in [2.24, 2.45) is 59.2 Å². The summed E-state index contributed by atoms with van der Waals surface area (Å²) >= 11 is 0. The van der Waals surface area contributed by atoms with Crippen molar-refractivity contribution in [2.45, 2.75) is 279 Å². The Labute approximate surface area is 891 Å². The van der Waals surface area contributed by atoms with Gasteiger partial charge < -0.3 is 95.0 Å². The number of aromatic nitrogens is 4. The van der Waals surface area contributed by atoms with E-state index < -0.39 is 5.60 Å². The Balaban J connectivity index is 0.000000177. The fourth-order valence-corrected chi connectivity index (χ4v) is 22.5. The van der Waals surface area contributed by atoms with Crippen LogP contribution in [0.3, 0.4) is 0 Å². The van der Waals surface area contributed by atoms with Gasteiger partial charge in [0.2, 0.25) is 29.5 Å². The maximum Gasteiger partial charge on any atom is 0.410 e. The van der Waals surface area contributed by atoms with Gasteiger partial charge in [-0.05, 0) is 347 Å². The lowest BCUT2D eigenvalue weighted by Gasteiger charge is -2.39. The molecule has 10 fully saturated rings. The van der Waals surface area contributed by atoms with E-state index >= 15 is 0 Å². The van der Waals surface area contributed by atoms with E-state index in [0.29, 0.717) is 78.1 Å². The van der Waals surface area contributed by atoms with Crippen LogP contribution in [0.1, 0.15) is 257 Å². The minimum Gasteiger partial charge on any atom is -0.444 e. The van der Waals surface area contributed by atoms with Crippen LogP contribution in [0.15, 0.2) is 128 Å². The highest BCUT2D eigenvalue weighted by molar-refractivity contribution is 5.83. The van der Waals surface area contributed by atoms with Crippen LogP contribution in [0.2, 0.25) is 0 Å². The molecule has 14 amide bonds. The maximum atomic E-state index is 13.0. The van der Waals surface area contributed by atoms with Gasteiger partial charge in [0.15, 0.2) is 0 Å². The Morgan fingerprint density at radius 1 is 0.289 bits per heavy atom. The molecular weight excluding hydrogens is 1880 g/mol. The molecule has 5 saturated carbocycles. The molecule has 0 unspecified atom stereocenters. The third-order valence-corrected chi connectivity index (χ3v) is 30.9. The summed E-state index contributed by atoms with van der Waals surface area (Å²) in [6.07, 6.45) is 35.9. The molecule has 33 heteroatoms. The van der Waals surface area contributed by atoms with Gasteiger partial charge in [0.25, 0.3) is 0 Å². The second-order valence-electron chi connectivity index (χ2n) is 48.8. The number of para-hydroxylation sites is 1. The van der Waals surface area contributed by atoms with Crippen LogP contribution in [0, 0.1) is 59.2 Å². The number of benzene rings is 1. The van der Waals surface area contributed by atoms with E-state index in [1.807, 2.05) is 219 Å². The van der Waals surface area contributed by atoms with Gasteiger partial charge in [0, 0.05) is 291 Å². The molecule has 5 aliphatic heterocycles. The summed E-state index contributed by atoms with van der Waals surface area (Å²) in [6, 6.07) is 26.6. The Morgan fingerprint density at radius 3 is 0.846 bits per heavy atom. The molecule has 0 atom stereocenters. The average Bonchev–Trinajstić information content (AvgIpc) is 0.847. The topological polar surface area (TPSA) is 334 Å². The van der Waals surface area contributed by atoms with Crippen molar-refractivity contribution in [3.63, 3.8) is 0 Å². The molecule has 149 heavy (non-hydrogen) atoms. The van der Waals surface area contributed by atoms with Crippen LogP contribution < -0.4 is 46.2 Å². The number of carbonyl (C=O) groups excluding carboxylic acids is 10. The van der Waals surface area contributed by atoms with Gasteiger partial charge in [-0.1, -0.05) is 18.2 Å². The summed E-state index contributed by atoms with van der Waals surface area (Å²) in [6.45, 7) is 48.2. The zero-order chi connectivity index (χ0) is 108. The third-order valence-electron chi connectivity index (χ3n) is 30.9. The summed E-state index contributed by atoms with van der Waals surface area (Å²) in [5.74, 6) is 5.24. The van der Waals surface area contributed by atoms with E-state index in [1.54, 1.807) is 32.8 Å². The van der Waals surface area contributed by atoms with Gasteiger partial charge in [-0.25, -0.2) is 24.0 Å². The molecule has 0 spiro atoms. The van der Waals surface area contributed by atoms with E-state index in [0.717, 1.165) is 284 Å². The minimum absolute atomic E-state index is 0.0160. The van der Waals surface area contributed by atoms with Crippen molar-refractivity contribution in [1.29, 1.82) is 0 Å². The van der Waals surface area contributed by atoms with Crippen molar-refractivity contribution in [3.8, 4) is 0 Å². The van der Waals surface area contributed by atoms with Crippen LogP contribution in [0.5, 0.6) is 0 Å². The number of nitrogens with zero attached hydrogens (tertiary/aromatic N) is 17. The monoisotopic (exact) mass is 2060 g/mol. The maximum absolute atomic E-state index is 13.0. The number of rotatable bonds is 20. The number of pyridine rings is 4. The summed E-state index contributed by atoms with van der Waals surface area (Å²) < 4.78 is 5.44. The Morgan fingerprint density at radius 2 is 0.557 bits per heavy atom. The zero-order valence-corrected chi connectivity index (χ0v) is 93.9. The molecule has 0 radical (unpaired) electrons. The Bertz CT molecular complexity index is 4410. The predicted molar refractivity (Wildman–Crippen MR) is 592 cm³/mol. The van der Waals surface area contributed by atoms with Gasteiger partial charge in [-0.2, -0.15) is 0 Å². The summed E-state index contributed by atoms with van der Waals surface area (Å²) in [5.41, 5.74) is 4.69. The number of likely N-dealkylation sites (tertiary alicyclic amines) is 1. The first kappa shape index (κ1) is 118. The van der Waals surface area contributed by atoms with E-state index in [4.69, 9.17) is 4.74 Å². The van der Waals surface area contributed by atoms with Crippen molar-refractivity contribution in [3.05, 3.63) is 134 Å². The zero-order valence-electron chi connectivity index (χ0n) is 93.9. The number of amides is 14. The van der Waals surface area contributed by atoms with Crippen LogP contribution in [-0.4, -0.2) is 330 Å². The average molecular weight is 2060 g/mol. The van der Waals surface area contributed by atoms with Crippen molar-refractivity contribution >= 4 is 82.5 Å². The first-order valence-electron chi connectivity index (χ1n) is 55.9. The molecule has 824 valence electrons. The lowest BCUT2D eigenvalue weighted by atomic mass is 9.80. The molecule has 5 saturated heterocycles. The van der Waals surface area contributed by atoms with Crippen LogP contribution in [0.25, 0.3) is 0 Å². The number of hydrogen-bond donors (Lipinski definition) is 5. The molecule has 5 N–H and O–H groups in total. The number of urea groups is 4. The molecule has 5 aromatic rings.